The summed E-state index contributed by atoms with van der Waals surface area (Å²) in [6.07, 6.45) is 3.53. The van der Waals surface area contributed by atoms with Crippen molar-refractivity contribution >= 4 is 35.0 Å². The first-order chi connectivity index (χ1) is 18.4. The third kappa shape index (κ3) is 7.64. The summed E-state index contributed by atoms with van der Waals surface area (Å²) in [4.78, 5) is 26.6. The van der Waals surface area contributed by atoms with Crippen LogP contribution in [0.3, 0.4) is 0 Å². The average Bonchev–Trinajstić information content (AvgIpc) is 3.13. The molecule has 0 spiro atoms. The molecule has 4 rings (SSSR count). The minimum Gasteiger partial charge on any atom is -0.383 e. The first-order valence-corrected chi connectivity index (χ1v) is 13.2. The molecule has 0 aliphatic carbocycles. The molecule has 0 unspecified atom stereocenters. The van der Waals surface area contributed by atoms with E-state index in [9.17, 15) is 4.79 Å². The number of nitrogens with zero attached hydrogens (tertiary/aromatic N) is 5. The van der Waals surface area contributed by atoms with Gasteiger partial charge >= 0.3 is 0 Å². The summed E-state index contributed by atoms with van der Waals surface area (Å²) >= 11 is 6.44. The normalized spacial score (nSPS) is 13.6. The predicted octanol–water partition coefficient (Wildman–Crippen LogP) is 3.95. The molecule has 2 heterocycles. The Bertz CT molecular complexity index is 1210. The standard InChI is InChI=1S/C28H36ClN7O2/c1-34(2)15-16-36(27(37)22-7-5-4-6-8-22)33-26-25(29)20-30-28(32-26)31-24-10-9-21-11-13-35(17-18-38-3)14-12-23(21)19-24/h4-10,19-20H,11-18H2,1-3H3,(H2,30,31,32,33). The van der Waals surface area contributed by atoms with Gasteiger partial charge in [0.05, 0.1) is 19.3 Å². The lowest BCUT2D eigenvalue weighted by Crippen LogP contribution is -2.41. The summed E-state index contributed by atoms with van der Waals surface area (Å²) in [6.45, 7) is 4.83. The third-order valence-corrected chi connectivity index (χ3v) is 6.77. The van der Waals surface area contributed by atoms with Crippen LogP contribution >= 0.6 is 11.6 Å². The Labute approximate surface area is 229 Å². The molecule has 0 saturated carbocycles. The van der Waals surface area contributed by atoms with Gasteiger partial charge in [0.2, 0.25) is 5.95 Å². The van der Waals surface area contributed by atoms with E-state index < -0.39 is 0 Å². The van der Waals surface area contributed by atoms with Gasteiger partial charge in [0.1, 0.15) is 5.02 Å². The quantitative estimate of drug-likeness (QED) is 0.356. The van der Waals surface area contributed by atoms with E-state index in [0.717, 1.165) is 44.8 Å². The number of carbonyl (C=O) groups is 1. The van der Waals surface area contributed by atoms with Crippen LogP contribution in [0.1, 0.15) is 21.5 Å². The molecule has 10 heteroatoms. The van der Waals surface area contributed by atoms with Crippen LogP contribution in [0.5, 0.6) is 0 Å². The van der Waals surface area contributed by atoms with Gasteiger partial charge < -0.3 is 19.9 Å². The molecule has 2 N–H and O–H groups in total. The van der Waals surface area contributed by atoms with E-state index >= 15 is 0 Å². The van der Waals surface area contributed by atoms with Crippen molar-refractivity contribution in [1.82, 2.24) is 24.8 Å². The average molecular weight is 538 g/mol. The number of nitrogens with one attached hydrogen (secondary N) is 2. The molecule has 0 saturated heterocycles. The second kappa shape index (κ2) is 13.5. The van der Waals surface area contributed by atoms with Crippen LogP contribution in [0.25, 0.3) is 0 Å². The van der Waals surface area contributed by atoms with Gasteiger partial charge in [-0.25, -0.2) is 9.99 Å². The van der Waals surface area contributed by atoms with Crippen LogP contribution in [-0.2, 0) is 17.6 Å². The van der Waals surface area contributed by atoms with Crippen LogP contribution in [-0.4, -0.2) is 91.2 Å². The molecule has 1 aliphatic rings. The fraction of sp³-hybridized carbons (Fsp3) is 0.393. The summed E-state index contributed by atoms with van der Waals surface area (Å²) in [5.41, 5.74) is 7.30. The van der Waals surface area contributed by atoms with Gasteiger partial charge in [0, 0.05) is 44.5 Å². The number of anilines is 3. The van der Waals surface area contributed by atoms with Crippen LogP contribution in [0, 0.1) is 0 Å². The summed E-state index contributed by atoms with van der Waals surface area (Å²) in [7, 11) is 5.66. The number of hydrogen-bond donors (Lipinski definition) is 2. The number of methoxy groups -OCH3 is 1. The zero-order chi connectivity index (χ0) is 26.9. The van der Waals surface area contributed by atoms with Gasteiger partial charge in [0.15, 0.2) is 5.82 Å². The molecule has 38 heavy (non-hydrogen) atoms. The molecule has 1 aromatic heterocycles. The van der Waals surface area contributed by atoms with Crippen LogP contribution in [0.4, 0.5) is 17.5 Å². The highest BCUT2D eigenvalue weighted by molar-refractivity contribution is 6.32. The predicted molar refractivity (Wildman–Crippen MR) is 152 cm³/mol. The maximum Gasteiger partial charge on any atom is 0.272 e. The summed E-state index contributed by atoms with van der Waals surface area (Å²) in [5, 5.41) is 5.16. The van der Waals surface area contributed by atoms with Gasteiger partial charge in [-0.3, -0.25) is 10.2 Å². The molecule has 0 radical (unpaired) electrons. The van der Waals surface area contributed by atoms with Crippen molar-refractivity contribution in [3.8, 4) is 0 Å². The van der Waals surface area contributed by atoms with Crippen LogP contribution in [0.15, 0.2) is 54.7 Å². The third-order valence-electron chi connectivity index (χ3n) is 6.49. The Morgan fingerprint density at radius 1 is 1.08 bits per heavy atom. The molecule has 1 aliphatic heterocycles. The second-order valence-corrected chi connectivity index (χ2v) is 9.98. The number of hydrazine groups is 1. The maximum atomic E-state index is 13.2. The van der Waals surface area contributed by atoms with Crippen molar-refractivity contribution in [3.63, 3.8) is 0 Å². The maximum absolute atomic E-state index is 13.2. The molecule has 3 aromatic rings. The molecule has 0 fully saturated rings. The van der Waals surface area contributed by atoms with Crippen molar-refractivity contribution < 1.29 is 9.53 Å². The number of likely N-dealkylation sites (N-methyl/N-ethyl adjacent to an activating group) is 1. The Morgan fingerprint density at radius 3 is 2.58 bits per heavy atom. The second-order valence-electron chi connectivity index (χ2n) is 9.57. The van der Waals surface area contributed by atoms with Crippen molar-refractivity contribution in [2.75, 3.05) is 71.3 Å². The zero-order valence-corrected chi connectivity index (χ0v) is 23.0. The van der Waals surface area contributed by atoms with Gasteiger partial charge in [-0.05, 0) is 62.3 Å². The topological polar surface area (TPSA) is 85.9 Å². The minimum atomic E-state index is -0.165. The van der Waals surface area contributed by atoms with Crippen LogP contribution < -0.4 is 10.7 Å². The molecule has 0 bridgehead atoms. The lowest BCUT2D eigenvalue weighted by molar-refractivity contribution is 0.0783. The number of fused-ring (bicyclic) bond motifs is 1. The van der Waals surface area contributed by atoms with Gasteiger partial charge in [-0.1, -0.05) is 35.9 Å². The molecule has 9 nitrogen and oxygen atoms in total. The number of aromatic nitrogens is 2. The van der Waals surface area contributed by atoms with Gasteiger partial charge in [0.25, 0.3) is 5.91 Å². The zero-order valence-electron chi connectivity index (χ0n) is 22.3. The molecular formula is C28H36ClN7O2. The van der Waals surface area contributed by atoms with E-state index in [1.165, 1.54) is 22.3 Å². The highest BCUT2D eigenvalue weighted by atomic mass is 35.5. The SMILES string of the molecule is COCCN1CCc2ccc(Nc3ncc(Cl)c(NN(CCN(C)C)C(=O)c4ccccc4)n3)cc2CC1. The Balaban J connectivity index is 1.48. The molecular weight excluding hydrogens is 502 g/mol. The van der Waals surface area contributed by atoms with Crippen molar-refractivity contribution in [2.45, 2.75) is 12.8 Å². The monoisotopic (exact) mass is 537 g/mol. The summed E-state index contributed by atoms with van der Waals surface area (Å²) in [6, 6.07) is 15.5. The summed E-state index contributed by atoms with van der Waals surface area (Å²) in [5.74, 6) is 0.588. The number of amides is 1. The van der Waals surface area contributed by atoms with E-state index in [4.69, 9.17) is 16.3 Å². The number of halogens is 1. The molecule has 0 atom stereocenters. The first-order valence-electron chi connectivity index (χ1n) is 12.8. The van der Waals surface area contributed by atoms with Crippen molar-refractivity contribution in [1.29, 1.82) is 0 Å². The van der Waals surface area contributed by atoms with Crippen LogP contribution in [0.2, 0.25) is 5.02 Å². The van der Waals surface area contributed by atoms with Gasteiger partial charge in [-0.15, -0.1) is 0 Å². The number of hydrogen-bond acceptors (Lipinski definition) is 8. The van der Waals surface area contributed by atoms with E-state index in [2.05, 4.69) is 43.8 Å². The van der Waals surface area contributed by atoms with E-state index in [1.54, 1.807) is 19.2 Å². The Hall–Kier alpha value is -3.24. The largest absolute Gasteiger partial charge is 0.383 e. The van der Waals surface area contributed by atoms with Crippen molar-refractivity contribution in [3.05, 3.63) is 76.4 Å². The smallest absolute Gasteiger partial charge is 0.272 e. The Morgan fingerprint density at radius 2 is 1.84 bits per heavy atom. The number of ether oxygens (including phenoxy) is 1. The molecule has 2 aromatic carbocycles. The lowest BCUT2D eigenvalue weighted by Gasteiger charge is -2.26. The van der Waals surface area contributed by atoms with Crippen molar-refractivity contribution in [2.24, 2.45) is 0 Å². The number of rotatable bonds is 11. The molecule has 202 valence electrons. The van der Waals surface area contributed by atoms with Gasteiger partial charge in [-0.2, -0.15) is 4.98 Å². The number of carbonyl (C=O) groups excluding carboxylic acids is 1. The number of benzene rings is 2. The fourth-order valence-corrected chi connectivity index (χ4v) is 4.43. The fourth-order valence-electron chi connectivity index (χ4n) is 4.30. The highest BCUT2D eigenvalue weighted by Crippen LogP contribution is 2.25. The highest BCUT2D eigenvalue weighted by Gasteiger charge is 2.19. The Kier molecular flexibility index (Phi) is 9.89. The van der Waals surface area contributed by atoms with E-state index in [0.29, 0.717) is 35.4 Å². The first kappa shape index (κ1) is 27.8. The van der Waals surface area contributed by atoms with E-state index in [-0.39, 0.29) is 5.91 Å². The summed E-state index contributed by atoms with van der Waals surface area (Å²) < 4.78 is 5.25. The van der Waals surface area contributed by atoms with E-state index in [1.807, 2.05) is 37.2 Å². The minimum absolute atomic E-state index is 0.165. The lowest BCUT2D eigenvalue weighted by atomic mass is 10.0. The molecule has 1 amide bonds.